The normalized spacial score (nSPS) is 21.3. The van der Waals surface area contributed by atoms with Gasteiger partial charge in [0.05, 0.1) is 5.92 Å². The van der Waals surface area contributed by atoms with E-state index in [1.165, 1.54) is 0 Å². The summed E-state index contributed by atoms with van der Waals surface area (Å²) >= 11 is 0. The Bertz CT molecular complexity index is 655. The van der Waals surface area contributed by atoms with Crippen LogP contribution >= 0.6 is 0 Å². The van der Waals surface area contributed by atoms with Crippen molar-refractivity contribution in [3.63, 3.8) is 0 Å². The second-order valence-corrected chi connectivity index (χ2v) is 7.25. The Balaban J connectivity index is 1.62. The molecule has 1 aliphatic carbocycles. The van der Waals surface area contributed by atoms with E-state index in [1.54, 1.807) is 4.90 Å². The van der Waals surface area contributed by atoms with E-state index in [0.717, 1.165) is 18.5 Å². The summed E-state index contributed by atoms with van der Waals surface area (Å²) in [6.45, 7) is 4.17. The highest BCUT2D eigenvalue weighted by Crippen LogP contribution is 2.25. The average Bonchev–Trinajstić information content (AvgIpc) is 3.31. The van der Waals surface area contributed by atoms with Gasteiger partial charge < -0.3 is 15.5 Å². The second-order valence-electron chi connectivity index (χ2n) is 7.25. The van der Waals surface area contributed by atoms with Gasteiger partial charge in [0.25, 0.3) is 0 Å². The second kappa shape index (κ2) is 7.25. The van der Waals surface area contributed by atoms with Crippen LogP contribution in [0.1, 0.15) is 33.1 Å². The predicted molar refractivity (Wildman–Crippen MR) is 94.8 cm³/mol. The Hall–Kier alpha value is -2.37. The zero-order chi connectivity index (χ0) is 18.0. The van der Waals surface area contributed by atoms with Crippen molar-refractivity contribution >= 4 is 23.4 Å². The molecule has 1 saturated carbocycles. The van der Waals surface area contributed by atoms with E-state index in [2.05, 4.69) is 10.6 Å². The molecule has 6 nitrogen and oxygen atoms in total. The van der Waals surface area contributed by atoms with Crippen LogP contribution in [0, 0.1) is 11.8 Å². The topological polar surface area (TPSA) is 78.5 Å². The van der Waals surface area contributed by atoms with Crippen LogP contribution in [0.3, 0.4) is 0 Å². The van der Waals surface area contributed by atoms with Crippen molar-refractivity contribution in [2.24, 2.45) is 11.8 Å². The molecule has 0 spiro atoms. The number of carbonyl (C=O) groups is 3. The molecule has 1 heterocycles. The molecule has 25 heavy (non-hydrogen) atoms. The van der Waals surface area contributed by atoms with E-state index >= 15 is 0 Å². The molecule has 1 saturated heterocycles. The van der Waals surface area contributed by atoms with Crippen LogP contribution in [0.25, 0.3) is 0 Å². The Kier molecular flexibility index (Phi) is 5.06. The molecule has 1 aromatic rings. The quantitative estimate of drug-likeness (QED) is 0.821. The lowest BCUT2D eigenvalue weighted by atomic mass is 10.0. The number of para-hydroxylation sites is 1. The maximum atomic E-state index is 12.6. The summed E-state index contributed by atoms with van der Waals surface area (Å²) in [6, 6.07) is 9.04. The number of nitrogens with zero attached hydrogens (tertiary/aromatic N) is 1. The fraction of sp³-hybridized carbons (Fsp3) is 0.526. The molecule has 2 atom stereocenters. The predicted octanol–water partition coefficient (Wildman–Crippen LogP) is 1.46. The molecule has 0 bridgehead atoms. The Morgan fingerprint density at radius 2 is 1.84 bits per heavy atom. The molecule has 1 aliphatic heterocycles. The van der Waals surface area contributed by atoms with E-state index in [-0.39, 0.29) is 36.1 Å². The van der Waals surface area contributed by atoms with Gasteiger partial charge in [-0.25, -0.2) is 0 Å². The summed E-state index contributed by atoms with van der Waals surface area (Å²) in [7, 11) is 0. The van der Waals surface area contributed by atoms with Gasteiger partial charge in [0.2, 0.25) is 17.7 Å². The van der Waals surface area contributed by atoms with Gasteiger partial charge in [-0.2, -0.15) is 0 Å². The minimum Gasteiger partial charge on any atom is -0.352 e. The van der Waals surface area contributed by atoms with Crippen molar-refractivity contribution < 1.29 is 14.4 Å². The first-order valence-corrected chi connectivity index (χ1v) is 8.92. The maximum absolute atomic E-state index is 12.6. The van der Waals surface area contributed by atoms with Crippen LogP contribution in [0.2, 0.25) is 0 Å². The molecule has 6 heteroatoms. The van der Waals surface area contributed by atoms with E-state index in [4.69, 9.17) is 0 Å². The third kappa shape index (κ3) is 4.18. The monoisotopic (exact) mass is 343 g/mol. The number of rotatable bonds is 6. The summed E-state index contributed by atoms with van der Waals surface area (Å²) in [6.07, 6.45) is 2.19. The summed E-state index contributed by atoms with van der Waals surface area (Å²) < 4.78 is 0. The minimum absolute atomic E-state index is 0.00923. The van der Waals surface area contributed by atoms with Crippen molar-refractivity contribution in [1.82, 2.24) is 10.6 Å². The molecule has 0 unspecified atom stereocenters. The van der Waals surface area contributed by atoms with Crippen LogP contribution in [-0.2, 0) is 14.4 Å². The standard InChI is InChI=1S/C19H25N3O3/c1-12(2)17(19(25)20-14-8-9-14)21-18(24)13-10-16(23)22(11-13)15-6-4-3-5-7-15/h3-7,12-14,17H,8-11H2,1-2H3,(H,20,25)(H,21,24)/t13-,17+/m1/s1. The lowest BCUT2D eigenvalue weighted by Gasteiger charge is -2.23. The van der Waals surface area contributed by atoms with E-state index in [1.807, 2.05) is 44.2 Å². The highest BCUT2D eigenvalue weighted by Gasteiger charge is 2.37. The van der Waals surface area contributed by atoms with Crippen molar-refractivity contribution in [2.75, 3.05) is 11.4 Å². The third-order valence-corrected chi connectivity index (χ3v) is 4.73. The smallest absolute Gasteiger partial charge is 0.243 e. The van der Waals surface area contributed by atoms with E-state index in [0.29, 0.717) is 6.54 Å². The van der Waals surface area contributed by atoms with Gasteiger partial charge in [0.1, 0.15) is 6.04 Å². The summed E-state index contributed by atoms with van der Waals surface area (Å²) in [5.41, 5.74) is 0.801. The van der Waals surface area contributed by atoms with Gasteiger partial charge in [0, 0.05) is 24.7 Å². The molecule has 2 N–H and O–H groups in total. The zero-order valence-corrected chi connectivity index (χ0v) is 14.7. The SMILES string of the molecule is CC(C)[C@H](NC(=O)[C@@H]1CC(=O)N(c2ccccc2)C1)C(=O)NC1CC1. The van der Waals surface area contributed by atoms with Crippen LogP contribution in [0.15, 0.2) is 30.3 Å². The number of nitrogens with one attached hydrogen (secondary N) is 2. The van der Waals surface area contributed by atoms with E-state index in [9.17, 15) is 14.4 Å². The van der Waals surface area contributed by atoms with Gasteiger partial charge in [-0.05, 0) is 30.9 Å². The lowest BCUT2D eigenvalue weighted by Crippen LogP contribution is -2.51. The minimum atomic E-state index is -0.561. The Morgan fingerprint density at radius 1 is 1.16 bits per heavy atom. The van der Waals surface area contributed by atoms with Crippen molar-refractivity contribution in [2.45, 2.75) is 45.2 Å². The number of carbonyl (C=O) groups excluding carboxylic acids is 3. The number of benzene rings is 1. The van der Waals surface area contributed by atoms with Gasteiger partial charge in [-0.15, -0.1) is 0 Å². The first-order valence-electron chi connectivity index (χ1n) is 8.92. The number of hydrogen-bond donors (Lipinski definition) is 2. The molecule has 1 aromatic carbocycles. The summed E-state index contributed by atoms with van der Waals surface area (Å²) in [4.78, 5) is 38.9. The van der Waals surface area contributed by atoms with Gasteiger partial charge in [-0.3, -0.25) is 14.4 Å². The van der Waals surface area contributed by atoms with Crippen molar-refractivity contribution in [3.8, 4) is 0 Å². The van der Waals surface area contributed by atoms with E-state index < -0.39 is 12.0 Å². The first-order chi connectivity index (χ1) is 12.0. The third-order valence-electron chi connectivity index (χ3n) is 4.73. The van der Waals surface area contributed by atoms with Gasteiger partial charge in [-0.1, -0.05) is 32.0 Å². The molecular formula is C19H25N3O3. The molecule has 3 amide bonds. The molecule has 3 rings (SSSR count). The average molecular weight is 343 g/mol. The Morgan fingerprint density at radius 3 is 2.44 bits per heavy atom. The van der Waals surface area contributed by atoms with Crippen LogP contribution in [0.5, 0.6) is 0 Å². The van der Waals surface area contributed by atoms with Crippen LogP contribution < -0.4 is 15.5 Å². The highest BCUT2D eigenvalue weighted by atomic mass is 16.2. The largest absolute Gasteiger partial charge is 0.352 e. The summed E-state index contributed by atoms with van der Waals surface area (Å²) in [5, 5.41) is 5.80. The fourth-order valence-electron chi connectivity index (χ4n) is 3.07. The molecule has 0 radical (unpaired) electrons. The molecule has 134 valence electrons. The van der Waals surface area contributed by atoms with Gasteiger partial charge in [0.15, 0.2) is 0 Å². The highest BCUT2D eigenvalue weighted by molar-refractivity contribution is 6.01. The number of amides is 3. The first kappa shape index (κ1) is 17.5. The fourth-order valence-corrected chi connectivity index (χ4v) is 3.07. The molecule has 2 aliphatic rings. The van der Waals surface area contributed by atoms with Crippen LogP contribution in [-0.4, -0.2) is 36.3 Å². The lowest BCUT2D eigenvalue weighted by molar-refractivity contribution is -0.132. The molecular weight excluding hydrogens is 318 g/mol. The number of hydrogen-bond acceptors (Lipinski definition) is 3. The maximum Gasteiger partial charge on any atom is 0.243 e. The summed E-state index contributed by atoms with van der Waals surface area (Å²) in [5.74, 6) is -0.853. The molecule has 0 aromatic heterocycles. The van der Waals surface area contributed by atoms with Crippen molar-refractivity contribution in [3.05, 3.63) is 30.3 Å². The van der Waals surface area contributed by atoms with Crippen molar-refractivity contribution in [1.29, 1.82) is 0 Å². The van der Waals surface area contributed by atoms with Gasteiger partial charge >= 0.3 is 0 Å². The van der Waals surface area contributed by atoms with Crippen LogP contribution in [0.4, 0.5) is 5.69 Å². The number of anilines is 1. The zero-order valence-electron chi connectivity index (χ0n) is 14.7. The molecule has 2 fully saturated rings. The Labute approximate surface area is 148 Å².